The molecule has 0 aliphatic rings. The summed E-state index contributed by atoms with van der Waals surface area (Å²) in [4.78, 5) is 16.1. The highest BCUT2D eigenvalue weighted by Gasteiger charge is 2.14. The zero-order chi connectivity index (χ0) is 16.2. The molecule has 0 saturated heterocycles. The molecule has 0 aliphatic heterocycles. The number of carbonyl (C=O) groups is 1. The highest BCUT2D eigenvalue weighted by atomic mass is 35.5. The number of thiazole rings is 1. The van der Waals surface area contributed by atoms with Crippen molar-refractivity contribution >= 4 is 34.7 Å². The van der Waals surface area contributed by atoms with Gasteiger partial charge in [0.2, 0.25) is 0 Å². The number of rotatable bonds is 5. The number of nitrogens with one attached hydrogen (secondary N) is 1. The van der Waals surface area contributed by atoms with Gasteiger partial charge in [-0.15, -0.1) is 11.3 Å². The molecule has 0 fully saturated rings. The van der Waals surface area contributed by atoms with Gasteiger partial charge in [0, 0.05) is 22.0 Å². The van der Waals surface area contributed by atoms with Crippen molar-refractivity contribution in [3.63, 3.8) is 0 Å². The summed E-state index contributed by atoms with van der Waals surface area (Å²) < 4.78 is 1.55. The number of aromatic nitrogens is 3. The van der Waals surface area contributed by atoms with Gasteiger partial charge in [0.25, 0.3) is 5.91 Å². The Labute approximate surface area is 141 Å². The molecule has 0 unspecified atom stereocenters. The number of halogens is 1. The fourth-order valence-electron chi connectivity index (χ4n) is 2.05. The first-order valence-electron chi connectivity index (χ1n) is 6.81. The predicted octanol–water partition coefficient (Wildman–Crippen LogP) is 2.90. The van der Waals surface area contributed by atoms with Crippen LogP contribution in [0.2, 0.25) is 5.02 Å². The van der Waals surface area contributed by atoms with Gasteiger partial charge in [0.15, 0.2) is 0 Å². The van der Waals surface area contributed by atoms with Gasteiger partial charge in [0.1, 0.15) is 11.5 Å². The average molecular weight is 349 g/mol. The Morgan fingerprint density at radius 3 is 2.78 bits per heavy atom. The van der Waals surface area contributed by atoms with E-state index in [1.54, 1.807) is 33.8 Å². The third-order valence-corrected chi connectivity index (χ3v) is 3.98. The lowest BCUT2D eigenvalue weighted by Crippen LogP contribution is -2.16. The molecule has 0 aliphatic carbocycles. The molecular weight excluding hydrogens is 336 g/mol. The molecule has 2 heterocycles. The summed E-state index contributed by atoms with van der Waals surface area (Å²) in [6, 6.07) is 8.99. The first kappa shape index (κ1) is 15.7. The number of carbonyl (C=O) groups excluding carboxylic acids is 1. The van der Waals surface area contributed by atoms with Gasteiger partial charge in [-0.2, -0.15) is 5.10 Å². The minimum absolute atomic E-state index is 0.0820. The molecule has 2 aromatic heterocycles. The van der Waals surface area contributed by atoms with Crippen molar-refractivity contribution in [3.05, 3.63) is 51.9 Å². The van der Waals surface area contributed by atoms with Crippen molar-refractivity contribution in [2.45, 2.75) is 6.54 Å². The van der Waals surface area contributed by atoms with E-state index in [4.69, 9.17) is 11.6 Å². The summed E-state index contributed by atoms with van der Waals surface area (Å²) in [5, 5.41) is 18.7. The van der Waals surface area contributed by atoms with Gasteiger partial charge < -0.3 is 10.4 Å². The lowest BCUT2D eigenvalue weighted by atomic mass is 10.1. The van der Waals surface area contributed by atoms with Gasteiger partial charge in [-0.3, -0.25) is 4.79 Å². The van der Waals surface area contributed by atoms with Crippen molar-refractivity contribution in [1.29, 1.82) is 0 Å². The minimum Gasteiger partial charge on any atom is -0.394 e. The molecule has 6 nitrogen and oxygen atoms in total. The molecule has 118 valence electrons. The van der Waals surface area contributed by atoms with Crippen LogP contribution in [0.3, 0.4) is 0 Å². The van der Waals surface area contributed by atoms with Gasteiger partial charge >= 0.3 is 0 Å². The number of aliphatic hydroxyl groups excluding tert-OH is 1. The number of hydrogen-bond donors (Lipinski definition) is 2. The molecule has 0 bridgehead atoms. The molecule has 0 atom stereocenters. The quantitative estimate of drug-likeness (QED) is 0.743. The van der Waals surface area contributed by atoms with Crippen molar-refractivity contribution in [3.8, 4) is 11.3 Å². The van der Waals surface area contributed by atoms with Gasteiger partial charge in [-0.1, -0.05) is 23.7 Å². The van der Waals surface area contributed by atoms with Crippen LogP contribution < -0.4 is 5.32 Å². The molecule has 23 heavy (non-hydrogen) atoms. The Hall–Kier alpha value is -2.22. The fourth-order valence-corrected chi connectivity index (χ4v) is 2.71. The first-order valence-corrected chi connectivity index (χ1v) is 8.13. The highest BCUT2D eigenvalue weighted by molar-refractivity contribution is 7.07. The van der Waals surface area contributed by atoms with E-state index in [0.29, 0.717) is 22.2 Å². The summed E-state index contributed by atoms with van der Waals surface area (Å²) in [6.07, 6.45) is 0. The lowest BCUT2D eigenvalue weighted by Gasteiger charge is -2.05. The predicted molar refractivity (Wildman–Crippen MR) is 89.8 cm³/mol. The Bertz CT molecular complexity index is 800. The third-order valence-electron chi connectivity index (χ3n) is 3.14. The van der Waals surface area contributed by atoms with E-state index in [2.05, 4.69) is 15.4 Å². The molecule has 1 aromatic carbocycles. The maximum Gasteiger partial charge on any atom is 0.276 e. The van der Waals surface area contributed by atoms with Crippen molar-refractivity contribution in [1.82, 2.24) is 14.8 Å². The molecule has 3 rings (SSSR count). The topological polar surface area (TPSA) is 80.0 Å². The van der Waals surface area contributed by atoms with Crippen LogP contribution >= 0.6 is 22.9 Å². The maximum absolute atomic E-state index is 12.1. The van der Waals surface area contributed by atoms with Crippen LogP contribution in [0.4, 0.5) is 5.82 Å². The second-order valence-electron chi connectivity index (χ2n) is 4.70. The molecule has 8 heteroatoms. The van der Waals surface area contributed by atoms with Crippen LogP contribution in [-0.4, -0.2) is 32.4 Å². The number of hydrogen-bond acceptors (Lipinski definition) is 5. The van der Waals surface area contributed by atoms with E-state index in [0.717, 1.165) is 5.56 Å². The second kappa shape index (κ2) is 6.91. The van der Waals surface area contributed by atoms with E-state index >= 15 is 0 Å². The summed E-state index contributed by atoms with van der Waals surface area (Å²) in [5.41, 5.74) is 3.50. The average Bonchev–Trinajstić information content (AvgIpc) is 3.19. The number of amides is 1. The number of nitrogens with zero attached hydrogens (tertiary/aromatic N) is 3. The van der Waals surface area contributed by atoms with Crippen LogP contribution in [-0.2, 0) is 6.54 Å². The largest absolute Gasteiger partial charge is 0.394 e. The van der Waals surface area contributed by atoms with Gasteiger partial charge in [-0.25, -0.2) is 9.67 Å². The van der Waals surface area contributed by atoms with E-state index in [9.17, 15) is 9.90 Å². The normalized spacial score (nSPS) is 10.7. The SMILES string of the molecule is O=C(Nc1cc(-c2ccc(Cl)cc2)nn1CCO)c1cscn1. The summed E-state index contributed by atoms with van der Waals surface area (Å²) in [6.45, 7) is 0.196. The number of aliphatic hydroxyl groups is 1. The van der Waals surface area contributed by atoms with E-state index in [1.807, 2.05) is 12.1 Å². The van der Waals surface area contributed by atoms with Gasteiger partial charge in [-0.05, 0) is 12.1 Å². The first-order chi connectivity index (χ1) is 11.2. The highest BCUT2D eigenvalue weighted by Crippen LogP contribution is 2.24. The lowest BCUT2D eigenvalue weighted by molar-refractivity contribution is 0.102. The van der Waals surface area contributed by atoms with Crippen LogP contribution in [0.1, 0.15) is 10.5 Å². The zero-order valence-electron chi connectivity index (χ0n) is 11.9. The van der Waals surface area contributed by atoms with Crippen LogP contribution in [0.5, 0.6) is 0 Å². The molecule has 1 amide bonds. The van der Waals surface area contributed by atoms with Crippen molar-refractivity contribution < 1.29 is 9.90 Å². The molecule has 0 spiro atoms. The summed E-state index contributed by atoms with van der Waals surface area (Å²) in [5.74, 6) is 0.190. The molecule has 3 aromatic rings. The Kier molecular flexibility index (Phi) is 4.71. The van der Waals surface area contributed by atoms with E-state index < -0.39 is 0 Å². The number of benzene rings is 1. The Morgan fingerprint density at radius 2 is 2.13 bits per heavy atom. The third kappa shape index (κ3) is 3.58. The van der Waals surface area contributed by atoms with E-state index in [1.165, 1.54) is 11.3 Å². The Morgan fingerprint density at radius 1 is 1.35 bits per heavy atom. The van der Waals surface area contributed by atoms with Crippen LogP contribution in [0, 0.1) is 0 Å². The monoisotopic (exact) mass is 348 g/mol. The van der Waals surface area contributed by atoms with Gasteiger partial charge in [0.05, 0.1) is 24.4 Å². The van der Waals surface area contributed by atoms with Crippen LogP contribution in [0.25, 0.3) is 11.3 Å². The standard InChI is InChI=1S/C15H13ClN4O2S/c16-11-3-1-10(2-4-11)12-7-14(20(19-12)5-6-21)18-15(22)13-8-23-9-17-13/h1-4,7-9,21H,5-6H2,(H,18,22). The Balaban J connectivity index is 1.89. The zero-order valence-corrected chi connectivity index (χ0v) is 13.5. The maximum atomic E-state index is 12.1. The van der Waals surface area contributed by atoms with Crippen molar-refractivity contribution in [2.75, 3.05) is 11.9 Å². The molecular formula is C15H13ClN4O2S. The second-order valence-corrected chi connectivity index (χ2v) is 5.85. The van der Waals surface area contributed by atoms with E-state index in [-0.39, 0.29) is 19.1 Å². The molecule has 2 N–H and O–H groups in total. The summed E-state index contributed by atoms with van der Waals surface area (Å²) in [7, 11) is 0. The molecule has 0 saturated carbocycles. The fraction of sp³-hybridized carbons (Fsp3) is 0.133. The van der Waals surface area contributed by atoms with Crippen LogP contribution in [0.15, 0.2) is 41.2 Å². The molecule has 0 radical (unpaired) electrons. The summed E-state index contributed by atoms with van der Waals surface area (Å²) >= 11 is 7.24. The van der Waals surface area contributed by atoms with Crippen molar-refractivity contribution in [2.24, 2.45) is 0 Å². The minimum atomic E-state index is -0.312. The number of anilines is 1. The smallest absolute Gasteiger partial charge is 0.276 e.